The molecule has 0 spiro atoms. The second-order valence-electron chi connectivity index (χ2n) is 3.82. The molecule has 100 valence electrons. The minimum atomic E-state index is -2.99. The number of carboxylic acids is 1. The molecule has 0 radical (unpaired) electrons. The van der Waals surface area contributed by atoms with E-state index in [0.717, 1.165) is 6.20 Å². The van der Waals surface area contributed by atoms with Crippen LogP contribution in [0.1, 0.15) is 15.9 Å². The molecule has 0 aliphatic carbocycles. The first-order valence-corrected chi connectivity index (χ1v) is 5.55. The van der Waals surface area contributed by atoms with Gasteiger partial charge in [-0.2, -0.15) is 8.78 Å². The predicted molar refractivity (Wildman–Crippen MR) is 65.1 cm³/mol. The van der Waals surface area contributed by atoms with E-state index >= 15 is 0 Å². The van der Waals surface area contributed by atoms with E-state index in [1.54, 1.807) is 0 Å². The number of halogens is 3. The molecule has 0 fully saturated rings. The van der Waals surface area contributed by atoms with Gasteiger partial charge in [0.25, 0.3) is 0 Å². The highest BCUT2D eigenvalue weighted by Gasteiger charge is 2.16. The lowest BCUT2D eigenvalue weighted by molar-refractivity contribution is -0.0501. The van der Waals surface area contributed by atoms with E-state index in [-0.39, 0.29) is 21.9 Å². The quantitative estimate of drug-likeness (QED) is 0.938. The zero-order valence-electron chi connectivity index (χ0n) is 9.65. The van der Waals surface area contributed by atoms with Gasteiger partial charge in [-0.25, -0.2) is 4.79 Å². The van der Waals surface area contributed by atoms with Gasteiger partial charge in [0, 0.05) is 11.6 Å². The summed E-state index contributed by atoms with van der Waals surface area (Å²) in [7, 11) is 0. The molecule has 19 heavy (non-hydrogen) atoms. The molecule has 7 heteroatoms. The summed E-state index contributed by atoms with van der Waals surface area (Å²) < 4.78 is 28.9. The van der Waals surface area contributed by atoms with Crippen molar-refractivity contribution in [1.82, 2.24) is 4.98 Å². The van der Waals surface area contributed by atoms with Crippen molar-refractivity contribution >= 4 is 28.5 Å². The smallest absolute Gasteiger partial charge is 0.387 e. The topological polar surface area (TPSA) is 59.4 Å². The number of carbonyl (C=O) groups is 1. The summed E-state index contributed by atoms with van der Waals surface area (Å²) in [5.74, 6) is -1.28. The average molecular weight is 288 g/mol. The lowest BCUT2D eigenvalue weighted by Gasteiger charge is -2.12. The lowest BCUT2D eigenvalue weighted by Crippen LogP contribution is -2.05. The Kier molecular flexibility index (Phi) is 3.53. The van der Waals surface area contributed by atoms with Gasteiger partial charge >= 0.3 is 12.6 Å². The number of pyridine rings is 1. The van der Waals surface area contributed by atoms with Crippen LogP contribution in [0.4, 0.5) is 8.78 Å². The number of alkyl halides is 2. The molecule has 0 atom stereocenters. The van der Waals surface area contributed by atoms with Crippen LogP contribution in [0.3, 0.4) is 0 Å². The number of rotatable bonds is 3. The van der Waals surface area contributed by atoms with E-state index in [4.69, 9.17) is 16.7 Å². The normalized spacial score (nSPS) is 11.0. The third-order valence-electron chi connectivity index (χ3n) is 2.51. The summed E-state index contributed by atoms with van der Waals surface area (Å²) in [6, 6.07) is 2.87. The van der Waals surface area contributed by atoms with Gasteiger partial charge in [0.15, 0.2) is 0 Å². The molecule has 0 saturated carbocycles. The van der Waals surface area contributed by atoms with Gasteiger partial charge < -0.3 is 9.84 Å². The van der Waals surface area contributed by atoms with Crippen LogP contribution in [0, 0.1) is 6.92 Å². The number of ether oxygens (including phenoxy) is 1. The summed E-state index contributed by atoms with van der Waals surface area (Å²) in [5.41, 5.74) is 0.584. The molecule has 0 aliphatic rings. The highest BCUT2D eigenvalue weighted by atomic mass is 35.5. The first-order chi connectivity index (χ1) is 8.90. The fourth-order valence-corrected chi connectivity index (χ4v) is 2.06. The fraction of sp³-hybridized carbons (Fsp3) is 0.167. The van der Waals surface area contributed by atoms with Gasteiger partial charge in [-0.3, -0.25) is 4.98 Å². The predicted octanol–water partition coefficient (Wildman–Crippen LogP) is 3.50. The zero-order chi connectivity index (χ0) is 14.2. The van der Waals surface area contributed by atoms with E-state index in [0.29, 0.717) is 10.9 Å². The molecular weight excluding hydrogens is 280 g/mol. The van der Waals surface area contributed by atoms with Crippen molar-refractivity contribution in [1.29, 1.82) is 0 Å². The first-order valence-electron chi connectivity index (χ1n) is 5.17. The highest BCUT2D eigenvalue weighted by Crippen LogP contribution is 2.36. The maximum Gasteiger partial charge on any atom is 0.387 e. The van der Waals surface area contributed by atoms with Gasteiger partial charge in [0.05, 0.1) is 11.1 Å². The number of hydrogen-bond donors (Lipinski definition) is 1. The van der Waals surface area contributed by atoms with Gasteiger partial charge in [0.2, 0.25) is 0 Å². The van der Waals surface area contributed by atoms with Crippen LogP contribution in [0.2, 0.25) is 5.02 Å². The summed E-state index contributed by atoms with van der Waals surface area (Å²) in [6.45, 7) is -1.46. The Balaban J connectivity index is 2.65. The van der Waals surface area contributed by atoms with Crippen LogP contribution in [-0.2, 0) is 0 Å². The Bertz CT molecular complexity index is 661. The Morgan fingerprint density at radius 2 is 2.16 bits per heavy atom. The van der Waals surface area contributed by atoms with Gasteiger partial charge in [0.1, 0.15) is 10.8 Å². The lowest BCUT2D eigenvalue weighted by atomic mass is 10.1. The summed E-state index contributed by atoms with van der Waals surface area (Å²) in [4.78, 5) is 14.7. The first kappa shape index (κ1) is 13.5. The van der Waals surface area contributed by atoms with Gasteiger partial charge in [-0.05, 0) is 24.6 Å². The molecule has 2 aromatic rings. The average Bonchev–Trinajstić information content (AvgIpc) is 2.33. The summed E-state index contributed by atoms with van der Waals surface area (Å²) in [5, 5.41) is 9.25. The number of fused-ring (bicyclic) bond motifs is 1. The number of benzene rings is 1. The highest BCUT2D eigenvalue weighted by molar-refractivity contribution is 6.36. The van der Waals surface area contributed by atoms with Crippen molar-refractivity contribution in [2.24, 2.45) is 0 Å². The van der Waals surface area contributed by atoms with Gasteiger partial charge in [-0.1, -0.05) is 11.6 Å². The Labute approximate surface area is 111 Å². The molecule has 1 aromatic heterocycles. The SMILES string of the molecule is Cc1cc2cc(C(=O)O)cnc2c(Cl)c1OC(F)F. The van der Waals surface area contributed by atoms with E-state index in [9.17, 15) is 13.6 Å². The van der Waals surface area contributed by atoms with Crippen LogP contribution in [0.5, 0.6) is 5.75 Å². The molecule has 0 unspecified atom stereocenters. The van der Waals surface area contributed by atoms with Crippen molar-refractivity contribution in [3.63, 3.8) is 0 Å². The molecule has 0 saturated heterocycles. The molecule has 4 nitrogen and oxygen atoms in total. The third kappa shape index (κ3) is 2.58. The van der Waals surface area contributed by atoms with E-state index < -0.39 is 12.6 Å². The van der Waals surface area contributed by atoms with E-state index in [2.05, 4.69) is 9.72 Å². The molecule has 1 N–H and O–H groups in total. The zero-order valence-corrected chi connectivity index (χ0v) is 10.4. The minimum absolute atomic E-state index is 0.00880. The monoisotopic (exact) mass is 287 g/mol. The third-order valence-corrected chi connectivity index (χ3v) is 2.86. The Morgan fingerprint density at radius 1 is 1.47 bits per heavy atom. The molecule has 1 heterocycles. The van der Waals surface area contributed by atoms with Crippen LogP contribution < -0.4 is 4.74 Å². The van der Waals surface area contributed by atoms with Crippen molar-refractivity contribution in [3.05, 3.63) is 34.5 Å². The molecule has 0 bridgehead atoms. The second kappa shape index (κ2) is 4.97. The number of aromatic nitrogens is 1. The van der Waals surface area contributed by atoms with E-state index in [1.165, 1.54) is 19.1 Å². The molecule has 1 aromatic carbocycles. The van der Waals surface area contributed by atoms with Gasteiger partial charge in [-0.15, -0.1) is 0 Å². The molecule has 0 amide bonds. The number of hydrogen-bond acceptors (Lipinski definition) is 3. The summed E-state index contributed by atoms with van der Waals surface area (Å²) >= 11 is 5.95. The van der Waals surface area contributed by atoms with Crippen molar-refractivity contribution < 1.29 is 23.4 Å². The standard InChI is InChI=1S/C12H8ClF2NO3/c1-5-2-6-3-7(11(17)18)4-16-9(6)8(13)10(5)19-12(14)15/h2-4,12H,1H3,(H,17,18). The van der Waals surface area contributed by atoms with Crippen LogP contribution >= 0.6 is 11.6 Å². The Morgan fingerprint density at radius 3 is 2.74 bits per heavy atom. The molecule has 2 rings (SSSR count). The largest absolute Gasteiger partial charge is 0.478 e. The number of nitrogens with zero attached hydrogens (tertiary/aromatic N) is 1. The van der Waals surface area contributed by atoms with Crippen molar-refractivity contribution in [2.45, 2.75) is 13.5 Å². The number of aromatic carboxylic acids is 1. The maximum atomic E-state index is 12.3. The molecular formula is C12H8ClF2NO3. The molecule has 0 aliphatic heterocycles. The second-order valence-corrected chi connectivity index (χ2v) is 4.19. The van der Waals surface area contributed by atoms with Crippen molar-refractivity contribution in [3.8, 4) is 5.75 Å². The fourth-order valence-electron chi connectivity index (χ4n) is 1.71. The summed E-state index contributed by atoms with van der Waals surface area (Å²) in [6.07, 6.45) is 1.11. The van der Waals surface area contributed by atoms with E-state index in [1.807, 2.05) is 0 Å². The maximum absolute atomic E-state index is 12.3. The minimum Gasteiger partial charge on any atom is -0.478 e. The van der Waals surface area contributed by atoms with Crippen molar-refractivity contribution in [2.75, 3.05) is 0 Å². The van der Waals surface area contributed by atoms with Crippen LogP contribution in [0.15, 0.2) is 18.3 Å². The van der Waals surface area contributed by atoms with Crippen LogP contribution in [-0.4, -0.2) is 22.7 Å². The van der Waals surface area contributed by atoms with Crippen LogP contribution in [0.25, 0.3) is 10.9 Å². The number of carboxylic acid groups (broad SMARTS) is 1. The Hall–Kier alpha value is -1.95. The number of aryl methyl sites for hydroxylation is 1.